The van der Waals surface area contributed by atoms with Crippen LogP contribution in [0, 0.1) is 0 Å². The highest BCUT2D eigenvalue weighted by Crippen LogP contribution is 2.28. The zero-order valence-corrected chi connectivity index (χ0v) is 13.7. The minimum absolute atomic E-state index is 0.0775. The molecule has 4 nitrogen and oxygen atoms in total. The molecule has 0 spiro atoms. The Morgan fingerprint density at radius 3 is 2.57 bits per heavy atom. The Labute approximate surface area is 130 Å². The van der Waals surface area contributed by atoms with E-state index in [1.807, 2.05) is 12.1 Å². The van der Waals surface area contributed by atoms with Gasteiger partial charge in [-0.2, -0.15) is 0 Å². The number of amides is 1. The second kappa shape index (κ2) is 7.09. The first-order valence-corrected chi connectivity index (χ1v) is 8.05. The molecule has 1 amide bonds. The summed E-state index contributed by atoms with van der Waals surface area (Å²) in [6, 6.07) is 8.17. The fraction of sp³-hybridized carbons (Fsp3) is 0.500. The van der Waals surface area contributed by atoms with E-state index in [2.05, 4.69) is 31.1 Å². The van der Waals surface area contributed by atoms with E-state index in [0.717, 1.165) is 18.7 Å². The second-order valence-corrected chi connectivity index (χ2v) is 7.14. The predicted octanol–water partition coefficient (Wildman–Crippen LogP) is 2.18. The van der Waals surface area contributed by atoms with Gasteiger partial charge < -0.3 is 9.80 Å². The second-order valence-electron chi connectivity index (χ2n) is 5.66. The lowest BCUT2D eigenvalue weighted by atomic mass is 10.1. The molecule has 1 heterocycles. The molecule has 1 aromatic carbocycles. The van der Waals surface area contributed by atoms with Gasteiger partial charge in [0.1, 0.15) is 0 Å². The van der Waals surface area contributed by atoms with Crippen molar-refractivity contribution >= 4 is 28.5 Å². The van der Waals surface area contributed by atoms with E-state index in [-0.39, 0.29) is 16.3 Å². The molecule has 1 fully saturated rings. The molecule has 1 unspecified atom stereocenters. The van der Waals surface area contributed by atoms with Crippen LogP contribution in [-0.2, 0) is 16.0 Å². The first kappa shape index (κ1) is 16.0. The van der Waals surface area contributed by atoms with Gasteiger partial charge in [-0.15, -0.1) is 0 Å². The number of hydrogen-bond acceptors (Lipinski definition) is 4. The summed E-state index contributed by atoms with van der Waals surface area (Å²) in [5.41, 5.74) is 2.20. The molecule has 0 aromatic heterocycles. The lowest BCUT2D eigenvalue weighted by Gasteiger charge is -2.17. The Kier molecular flexibility index (Phi) is 5.42. The zero-order valence-electron chi connectivity index (χ0n) is 12.8. The fourth-order valence-corrected chi connectivity index (χ4v) is 3.35. The number of carbonyl (C=O) groups is 2. The number of nitrogens with zero attached hydrogens (tertiary/aromatic N) is 2. The molecule has 0 radical (unpaired) electrons. The van der Waals surface area contributed by atoms with Crippen molar-refractivity contribution in [2.45, 2.75) is 25.0 Å². The number of hydrogen-bond donors (Lipinski definition) is 0. The van der Waals surface area contributed by atoms with Gasteiger partial charge in [0, 0.05) is 37.4 Å². The van der Waals surface area contributed by atoms with E-state index in [9.17, 15) is 9.59 Å². The van der Waals surface area contributed by atoms with Crippen LogP contribution >= 0.6 is 11.8 Å². The SMILES string of the molecule is CC(=O)SC1CC(=O)N(c2ccc(CCN(C)C)cc2)C1. The summed E-state index contributed by atoms with van der Waals surface area (Å²) in [6.45, 7) is 3.19. The third-order valence-electron chi connectivity index (χ3n) is 3.52. The number of anilines is 1. The fourth-order valence-electron chi connectivity index (χ4n) is 2.43. The van der Waals surface area contributed by atoms with E-state index in [0.29, 0.717) is 13.0 Å². The van der Waals surface area contributed by atoms with Gasteiger partial charge in [0.05, 0.1) is 0 Å². The molecule has 114 valence electrons. The van der Waals surface area contributed by atoms with E-state index in [1.54, 1.807) is 11.8 Å². The van der Waals surface area contributed by atoms with E-state index < -0.39 is 0 Å². The van der Waals surface area contributed by atoms with Crippen LogP contribution in [0.4, 0.5) is 5.69 Å². The normalized spacial score (nSPS) is 18.6. The van der Waals surface area contributed by atoms with Crippen LogP contribution in [0.25, 0.3) is 0 Å². The lowest BCUT2D eigenvalue weighted by molar-refractivity contribution is -0.117. The number of benzene rings is 1. The number of rotatable bonds is 5. The molecule has 1 aromatic rings. The molecule has 2 rings (SSSR count). The van der Waals surface area contributed by atoms with Gasteiger partial charge >= 0.3 is 0 Å². The van der Waals surface area contributed by atoms with Crippen molar-refractivity contribution in [3.8, 4) is 0 Å². The molecule has 1 aliphatic heterocycles. The van der Waals surface area contributed by atoms with E-state index in [4.69, 9.17) is 0 Å². The maximum Gasteiger partial charge on any atom is 0.228 e. The highest BCUT2D eigenvalue weighted by Gasteiger charge is 2.31. The Hall–Kier alpha value is -1.33. The van der Waals surface area contributed by atoms with Crippen molar-refractivity contribution in [2.75, 3.05) is 32.1 Å². The van der Waals surface area contributed by atoms with Crippen LogP contribution < -0.4 is 4.90 Å². The van der Waals surface area contributed by atoms with Crippen LogP contribution in [-0.4, -0.2) is 48.4 Å². The van der Waals surface area contributed by atoms with Gasteiger partial charge in [0.25, 0.3) is 0 Å². The quantitative estimate of drug-likeness (QED) is 0.836. The summed E-state index contributed by atoms with van der Waals surface area (Å²) >= 11 is 1.27. The minimum Gasteiger partial charge on any atom is -0.311 e. The lowest BCUT2D eigenvalue weighted by Crippen LogP contribution is -2.24. The molecule has 1 aliphatic rings. The van der Waals surface area contributed by atoms with Crippen molar-refractivity contribution < 1.29 is 9.59 Å². The van der Waals surface area contributed by atoms with Crippen LogP contribution in [0.2, 0.25) is 0 Å². The zero-order chi connectivity index (χ0) is 15.4. The average Bonchev–Trinajstić information content (AvgIpc) is 2.77. The van der Waals surface area contributed by atoms with Gasteiger partial charge in [-0.3, -0.25) is 9.59 Å². The topological polar surface area (TPSA) is 40.6 Å². The number of thioether (sulfide) groups is 1. The molecule has 1 saturated heterocycles. The summed E-state index contributed by atoms with van der Waals surface area (Å²) in [5, 5.41) is 0.164. The smallest absolute Gasteiger partial charge is 0.228 e. The van der Waals surface area contributed by atoms with Gasteiger partial charge in [-0.25, -0.2) is 0 Å². The van der Waals surface area contributed by atoms with Crippen molar-refractivity contribution in [2.24, 2.45) is 0 Å². The van der Waals surface area contributed by atoms with Crippen molar-refractivity contribution in [1.29, 1.82) is 0 Å². The standard InChI is InChI=1S/C16H22N2O2S/c1-12(19)21-15-10-16(20)18(11-15)14-6-4-13(5-7-14)8-9-17(2)3/h4-7,15H,8-11H2,1-3H3. The molecule has 0 bridgehead atoms. The Morgan fingerprint density at radius 1 is 1.33 bits per heavy atom. The Balaban J connectivity index is 1.98. The van der Waals surface area contributed by atoms with Gasteiger partial charge in [0.15, 0.2) is 5.12 Å². The van der Waals surface area contributed by atoms with Crippen LogP contribution in [0.5, 0.6) is 0 Å². The molecule has 21 heavy (non-hydrogen) atoms. The van der Waals surface area contributed by atoms with Crippen molar-refractivity contribution in [3.63, 3.8) is 0 Å². The van der Waals surface area contributed by atoms with Crippen LogP contribution in [0.15, 0.2) is 24.3 Å². The van der Waals surface area contributed by atoms with E-state index >= 15 is 0 Å². The number of likely N-dealkylation sites (N-methyl/N-ethyl adjacent to an activating group) is 1. The summed E-state index contributed by atoms with van der Waals surface area (Å²) in [6.07, 6.45) is 1.46. The highest BCUT2D eigenvalue weighted by atomic mass is 32.2. The van der Waals surface area contributed by atoms with Gasteiger partial charge in [0.2, 0.25) is 5.91 Å². The molecule has 0 saturated carbocycles. The molecule has 0 N–H and O–H groups in total. The first-order valence-electron chi connectivity index (χ1n) is 7.17. The Bertz CT molecular complexity index is 514. The third-order valence-corrected chi connectivity index (χ3v) is 4.50. The monoisotopic (exact) mass is 306 g/mol. The maximum absolute atomic E-state index is 12.1. The molecular formula is C16H22N2O2S. The number of carbonyl (C=O) groups excluding carboxylic acids is 2. The van der Waals surface area contributed by atoms with Crippen molar-refractivity contribution in [3.05, 3.63) is 29.8 Å². The van der Waals surface area contributed by atoms with Crippen LogP contribution in [0.1, 0.15) is 18.9 Å². The van der Waals surface area contributed by atoms with Crippen molar-refractivity contribution in [1.82, 2.24) is 4.90 Å². The molecule has 0 aliphatic carbocycles. The summed E-state index contributed by atoms with van der Waals surface area (Å²) in [7, 11) is 4.12. The minimum atomic E-state index is 0.0775. The molecule has 5 heteroatoms. The molecular weight excluding hydrogens is 284 g/mol. The van der Waals surface area contributed by atoms with Gasteiger partial charge in [-0.05, 0) is 38.2 Å². The largest absolute Gasteiger partial charge is 0.311 e. The summed E-state index contributed by atoms with van der Waals surface area (Å²) in [5.74, 6) is 0.106. The summed E-state index contributed by atoms with van der Waals surface area (Å²) < 4.78 is 0. The summed E-state index contributed by atoms with van der Waals surface area (Å²) in [4.78, 5) is 27.2. The molecule has 1 atom stereocenters. The maximum atomic E-state index is 12.1. The average molecular weight is 306 g/mol. The Morgan fingerprint density at radius 2 is 2.00 bits per heavy atom. The predicted molar refractivity (Wildman–Crippen MR) is 87.7 cm³/mol. The first-order chi connectivity index (χ1) is 9.95. The third kappa shape index (κ3) is 4.58. The highest BCUT2D eigenvalue weighted by molar-refractivity contribution is 8.14. The van der Waals surface area contributed by atoms with Crippen LogP contribution in [0.3, 0.4) is 0 Å². The van der Waals surface area contributed by atoms with Gasteiger partial charge in [-0.1, -0.05) is 23.9 Å². The van der Waals surface area contributed by atoms with E-state index in [1.165, 1.54) is 17.3 Å².